The fourth-order valence-corrected chi connectivity index (χ4v) is 2.88. The van der Waals surface area contributed by atoms with E-state index >= 15 is 0 Å². The summed E-state index contributed by atoms with van der Waals surface area (Å²) in [5, 5.41) is 4.23. The zero-order chi connectivity index (χ0) is 15.4. The number of carbonyl (C=O) groups is 1. The molecule has 116 valence electrons. The molecule has 1 aliphatic heterocycles. The van der Waals surface area contributed by atoms with Gasteiger partial charge in [0.15, 0.2) is 6.61 Å². The number of benzene rings is 1. The minimum absolute atomic E-state index is 0.0583. The van der Waals surface area contributed by atoms with Crippen molar-refractivity contribution < 1.29 is 9.53 Å². The number of ether oxygens (including phenoxy) is 1. The van der Waals surface area contributed by atoms with E-state index in [-0.39, 0.29) is 12.5 Å². The Morgan fingerprint density at radius 3 is 2.76 bits per heavy atom. The summed E-state index contributed by atoms with van der Waals surface area (Å²) in [6, 6.07) is 3.37. The second kappa shape index (κ2) is 7.54. The highest BCUT2D eigenvalue weighted by molar-refractivity contribution is 6.43. The average Bonchev–Trinajstić information content (AvgIpc) is 2.49. The van der Waals surface area contributed by atoms with Crippen LogP contribution in [0.25, 0.3) is 0 Å². The van der Waals surface area contributed by atoms with E-state index in [9.17, 15) is 4.79 Å². The van der Waals surface area contributed by atoms with Crippen LogP contribution < -0.4 is 10.1 Å². The van der Waals surface area contributed by atoms with E-state index in [1.807, 2.05) is 7.05 Å². The Kier molecular flexibility index (Phi) is 5.99. The molecule has 1 heterocycles. The number of hydrogen-bond acceptors (Lipinski definition) is 3. The third kappa shape index (κ3) is 4.39. The van der Waals surface area contributed by atoms with Gasteiger partial charge in [0.1, 0.15) is 5.75 Å². The van der Waals surface area contributed by atoms with Crippen LogP contribution in [0.3, 0.4) is 0 Å². The number of piperidine rings is 1. The van der Waals surface area contributed by atoms with Crippen molar-refractivity contribution >= 4 is 40.7 Å². The second-order valence-electron chi connectivity index (χ2n) is 4.95. The van der Waals surface area contributed by atoms with Crippen molar-refractivity contribution in [1.82, 2.24) is 10.2 Å². The molecule has 1 N–H and O–H groups in total. The van der Waals surface area contributed by atoms with Gasteiger partial charge in [-0.3, -0.25) is 4.79 Å². The predicted molar refractivity (Wildman–Crippen MR) is 85.6 cm³/mol. The van der Waals surface area contributed by atoms with E-state index in [2.05, 4.69) is 5.32 Å². The van der Waals surface area contributed by atoms with Crippen LogP contribution in [0.1, 0.15) is 12.8 Å². The fraction of sp³-hybridized carbons (Fsp3) is 0.500. The molecule has 1 aliphatic rings. The predicted octanol–water partition coefficient (Wildman–Crippen LogP) is 3.24. The molecule has 21 heavy (non-hydrogen) atoms. The van der Waals surface area contributed by atoms with Crippen LogP contribution in [0, 0.1) is 0 Å². The normalized spacial score (nSPS) is 18.7. The summed E-state index contributed by atoms with van der Waals surface area (Å²) >= 11 is 17.8. The molecule has 0 aromatic heterocycles. The van der Waals surface area contributed by atoms with Gasteiger partial charge in [0.05, 0.1) is 15.1 Å². The fourth-order valence-electron chi connectivity index (χ4n) is 2.28. The van der Waals surface area contributed by atoms with Crippen molar-refractivity contribution in [2.75, 3.05) is 26.7 Å². The summed E-state index contributed by atoms with van der Waals surface area (Å²) < 4.78 is 5.47. The van der Waals surface area contributed by atoms with E-state index in [0.29, 0.717) is 33.4 Å². The van der Waals surface area contributed by atoms with E-state index in [1.165, 1.54) is 12.1 Å². The van der Waals surface area contributed by atoms with Gasteiger partial charge < -0.3 is 15.0 Å². The number of nitrogens with zero attached hydrogens (tertiary/aromatic N) is 1. The number of nitrogens with one attached hydrogen (secondary N) is 1. The summed E-state index contributed by atoms with van der Waals surface area (Å²) in [6.07, 6.45) is 2.07. The van der Waals surface area contributed by atoms with Crippen LogP contribution in [0.2, 0.25) is 15.1 Å². The van der Waals surface area contributed by atoms with Crippen LogP contribution in [0.4, 0.5) is 0 Å². The molecule has 7 heteroatoms. The van der Waals surface area contributed by atoms with E-state index in [4.69, 9.17) is 39.5 Å². The number of hydrogen-bond donors (Lipinski definition) is 1. The molecule has 1 saturated heterocycles. The number of amides is 1. The van der Waals surface area contributed by atoms with Gasteiger partial charge in [0.2, 0.25) is 0 Å². The number of halogens is 3. The molecule has 1 aromatic carbocycles. The molecular formula is C14H17Cl3N2O2. The molecule has 2 rings (SSSR count). The van der Waals surface area contributed by atoms with Gasteiger partial charge in [-0.2, -0.15) is 0 Å². The van der Waals surface area contributed by atoms with Gasteiger partial charge in [0, 0.05) is 25.2 Å². The van der Waals surface area contributed by atoms with Crippen LogP contribution in [0.15, 0.2) is 12.1 Å². The Bertz CT molecular complexity index is 525. The Labute approximate surface area is 139 Å². The highest BCUT2D eigenvalue weighted by Crippen LogP contribution is 2.33. The largest absolute Gasteiger partial charge is 0.482 e. The van der Waals surface area contributed by atoms with Crippen molar-refractivity contribution in [2.45, 2.75) is 18.9 Å². The number of likely N-dealkylation sites (tertiary alicyclic amines) is 1. The maximum atomic E-state index is 12.2. The monoisotopic (exact) mass is 350 g/mol. The first-order chi connectivity index (χ1) is 10.0. The second-order valence-corrected chi connectivity index (χ2v) is 6.17. The van der Waals surface area contributed by atoms with Gasteiger partial charge >= 0.3 is 0 Å². The molecule has 1 unspecified atom stereocenters. The van der Waals surface area contributed by atoms with Crippen molar-refractivity contribution in [3.63, 3.8) is 0 Å². The lowest BCUT2D eigenvalue weighted by Crippen LogP contribution is -2.48. The minimum Gasteiger partial charge on any atom is -0.482 e. The Balaban J connectivity index is 1.93. The summed E-state index contributed by atoms with van der Waals surface area (Å²) in [7, 11) is 1.91. The SMILES string of the molecule is CNC1CCCN(C(=O)COc2cc(Cl)c(Cl)cc2Cl)C1. The quantitative estimate of drug-likeness (QED) is 0.847. The maximum absolute atomic E-state index is 12.2. The summed E-state index contributed by atoms with van der Waals surface area (Å²) in [4.78, 5) is 14.0. The van der Waals surface area contributed by atoms with E-state index in [0.717, 1.165) is 19.4 Å². The molecule has 1 amide bonds. The lowest BCUT2D eigenvalue weighted by atomic mass is 10.1. The lowest BCUT2D eigenvalue weighted by molar-refractivity contribution is -0.134. The zero-order valence-corrected chi connectivity index (χ0v) is 13.9. The lowest BCUT2D eigenvalue weighted by Gasteiger charge is -2.32. The highest BCUT2D eigenvalue weighted by atomic mass is 35.5. The van der Waals surface area contributed by atoms with Crippen molar-refractivity contribution in [3.8, 4) is 5.75 Å². The average molecular weight is 352 g/mol. The maximum Gasteiger partial charge on any atom is 0.260 e. The molecular weight excluding hydrogens is 335 g/mol. The molecule has 0 bridgehead atoms. The minimum atomic E-state index is -0.0614. The molecule has 0 aliphatic carbocycles. The summed E-state index contributed by atoms with van der Waals surface area (Å²) in [5.74, 6) is 0.304. The van der Waals surface area contributed by atoms with E-state index in [1.54, 1.807) is 4.90 Å². The zero-order valence-electron chi connectivity index (χ0n) is 11.7. The highest BCUT2D eigenvalue weighted by Gasteiger charge is 2.23. The van der Waals surface area contributed by atoms with Gasteiger partial charge in [-0.15, -0.1) is 0 Å². The molecule has 1 aromatic rings. The third-order valence-corrected chi connectivity index (χ3v) is 4.53. The summed E-state index contributed by atoms with van der Waals surface area (Å²) in [5.41, 5.74) is 0. The van der Waals surface area contributed by atoms with Crippen molar-refractivity contribution in [2.24, 2.45) is 0 Å². The Morgan fingerprint density at radius 2 is 2.05 bits per heavy atom. The van der Waals surface area contributed by atoms with Gasteiger partial charge in [0.25, 0.3) is 5.91 Å². The smallest absolute Gasteiger partial charge is 0.260 e. The molecule has 0 saturated carbocycles. The summed E-state index contributed by atoms with van der Waals surface area (Å²) in [6.45, 7) is 1.40. The van der Waals surface area contributed by atoms with Crippen LogP contribution in [-0.2, 0) is 4.79 Å². The molecule has 0 spiro atoms. The first-order valence-corrected chi connectivity index (χ1v) is 7.87. The first kappa shape index (κ1) is 16.7. The van der Waals surface area contributed by atoms with Crippen LogP contribution >= 0.6 is 34.8 Å². The van der Waals surface area contributed by atoms with Gasteiger partial charge in [-0.25, -0.2) is 0 Å². The molecule has 4 nitrogen and oxygen atoms in total. The van der Waals surface area contributed by atoms with Crippen LogP contribution in [-0.4, -0.2) is 43.6 Å². The van der Waals surface area contributed by atoms with E-state index < -0.39 is 0 Å². The standard InChI is InChI=1S/C14H17Cl3N2O2/c1-18-9-3-2-4-19(7-9)14(20)8-21-13-6-11(16)10(15)5-12(13)17/h5-6,9,18H,2-4,7-8H2,1H3. The number of carbonyl (C=O) groups excluding carboxylic acids is 1. The van der Waals surface area contributed by atoms with Crippen LogP contribution in [0.5, 0.6) is 5.75 Å². The topological polar surface area (TPSA) is 41.6 Å². The van der Waals surface area contributed by atoms with Crippen molar-refractivity contribution in [3.05, 3.63) is 27.2 Å². The number of likely N-dealkylation sites (N-methyl/N-ethyl adjacent to an activating group) is 1. The van der Waals surface area contributed by atoms with Crippen molar-refractivity contribution in [1.29, 1.82) is 0 Å². The molecule has 1 atom stereocenters. The Morgan fingerprint density at radius 1 is 1.33 bits per heavy atom. The Hall–Kier alpha value is -0.680. The molecule has 1 fully saturated rings. The number of rotatable bonds is 4. The molecule has 0 radical (unpaired) electrons. The van der Waals surface area contributed by atoms with Gasteiger partial charge in [-0.1, -0.05) is 34.8 Å². The van der Waals surface area contributed by atoms with Gasteiger partial charge in [-0.05, 0) is 26.0 Å². The first-order valence-electron chi connectivity index (χ1n) is 6.73. The third-order valence-electron chi connectivity index (χ3n) is 3.51.